The molecule has 19 heavy (non-hydrogen) atoms. The van der Waals surface area contributed by atoms with Crippen LogP contribution in [-0.4, -0.2) is 6.54 Å². The zero-order valence-corrected chi connectivity index (χ0v) is 12.5. The van der Waals surface area contributed by atoms with Gasteiger partial charge in [-0.2, -0.15) is 0 Å². The van der Waals surface area contributed by atoms with Crippen molar-refractivity contribution in [1.82, 2.24) is 0 Å². The molecule has 0 N–H and O–H groups in total. The van der Waals surface area contributed by atoms with E-state index in [1.807, 2.05) is 24.3 Å². The Bertz CT molecular complexity index is 630. The van der Waals surface area contributed by atoms with Crippen LogP contribution in [0.15, 0.2) is 36.4 Å². The topological polar surface area (TPSA) is 3.24 Å². The zero-order valence-electron chi connectivity index (χ0n) is 10.2. The van der Waals surface area contributed by atoms with Crippen molar-refractivity contribution in [2.75, 3.05) is 11.4 Å². The number of nitrogens with zero attached hydrogens (tertiary/aromatic N) is 1. The molecule has 0 atom stereocenters. The SMILES string of the molecule is Fc1ccc2c(c1)N(c1ccc(Cl)cc1CBr)CC2. The maximum Gasteiger partial charge on any atom is 0.125 e. The molecule has 1 aliphatic rings. The predicted molar refractivity (Wildman–Crippen MR) is 81.2 cm³/mol. The van der Waals surface area contributed by atoms with Crippen LogP contribution in [0.5, 0.6) is 0 Å². The lowest BCUT2D eigenvalue weighted by Gasteiger charge is -2.22. The van der Waals surface area contributed by atoms with Gasteiger partial charge in [0.1, 0.15) is 5.82 Å². The van der Waals surface area contributed by atoms with Crippen LogP contribution in [0.4, 0.5) is 15.8 Å². The molecule has 0 radical (unpaired) electrons. The van der Waals surface area contributed by atoms with Crippen LogP contribution < -0.4 is 4.90 Å². The maximum atomic E-state index is 13.4. The minimum absolute atomic E-state index is 0.194. The van der Waals surface area contributed by atoms with E-state index in [9.17, 15) is 4.39 Å². The molecule has 0 unspecified atom stereocenters. The Labute approximate surface area is 125 Å². The van der Waals surface area contributed by atoms with Crippen molar-refractivity contribution in [1.29, 1.82) is 0 Å². The van der Waals surface area contributed by atoms with Crippen molar-refractivity contribution in [3.8, 4) is 0 Å². The maximum absolute atomic E-state index is 13.4. The first kappa shape index (κ1) is 12.9. The van der Waals surface area contributed by atoms with Gasteiger partial charge in [-0.1, -0.05) is 33.6 Å². The van der Waals surface area contributed by atoms with E-state index in [4.69, 9.17) is 11.6 Å². The highest BCUT2D eigenvalue weighted by atomic mass is 79.9. The first-order chi connectivity index (χ1) is 9.19. The third-order valence-corrected chi connectivity index (χ3v) is 4.26. The Hall–Kier alpha value is -1.06. The summed E-state index contributed by atoms with van der Waals surface area (Å²) in [5, 5.41) is 1.45. The summed E-state index contributed by atoms with van der Waals surface area (Å²) in [5.41, 5.74) is 4.36. The van der Waals surface area contributed by atoms with Gasteiger partial charge in [0.15, 0.2) is 0 Å². The van der Waals surface area contributed by atoms with E-state index < -0.39 is 0 Å². The summed E-state index contributed by atoms with van der Waals surface area (Å²) in [4.78, 5) is 2.16. The molecular formula is C15H12BrClFN. The second kappa shape index (κ2) is 5.14. The Morgan fingerprint density at radius 3 is 2.79 bits per heavy atom. The van der Waals surface area contributed by atoms with E-state index in [2.05, 4.69) is 20.8 Å². The summed E-state index contributed by atoms with van der Waals surface area (Å²) in [6, 6.07) is 10.8. The van der Waals surface area contributed by atoms with E-state index in [0.717, 1.165) is 40.3 Å². The first-order valence-corrected chi connectivity index (χ1v) is 7.59. The molecule has 98 valence electrons. The highest BCUT2D eigenvalue weighted by molar-refractivity contribution is 9.08. The second-order valence-corrected chi connectivity index (χ2v) is 5.58. The fraction of sp³-hybridized carbons (Fsp3) is 0.200. The standard InChI is InChI=1S/C15H12BrClFN/c16-9-11-7-12(17)2-4-14(11)19-6-5-10-1-3-13(18)8-15(10)19/h1-4,7-8H,5-6,9H2. The quantitative estimate of drug-likeness (QED) is 0.690. The molecule has 0 spiro atoms. The molecule has 4 heteroatoms. The van der Waals surface area contributed by atoms with Crippen LogP contribution in [0.1, 0.15) is 11.1 Å². The normalized spacial score (nSPS) is 13.7. The van der Waals surface area contributed by atoms with E-state index in [1.165, 1.54) is 11.6 Å². The highest BCUT2D eigenvalue weighted by Crippen LogP contribution is 2.38. The Morgan fingerprint density at radius 1 is 1.16 bits per heavy atom. The van der Waals surface area contributed by atoms with Gasteiger partial charge in [-0.25, -0.2) is 4.39 Å². The largest absolute Gasteiger partial charge is 0.341 e. The lowest BCUT2D eigenvalue weighted by atomic mass is 10.1. The summed E-state index contributed by atoms with van der Waals surface area (Å²) in [7, 11) is 0. The molecule has 2 aromatic rings. The zero-order chi connectivity index (χ0) is 13.4. The third kappa shape index (κ3) is 2.37. The molecule has 0 aromatic heterocycles. The van der Waals surface area contributed by atoms with Gasteiger partial charge in [-0.15, -0.1) is 0 Å². The van der Waals surface area contributed by atoms with Gasteiger partial charge in [0.05, 0.1) is 0 Å². The molecule has 1 nitrogen and oxygen atoms in total. The average molecular weight is 341 g/mol. The van der Waals surface area contributed by atoms with Crippen molar-refractivity contribution >= 4 is 38.9 Å². The van der Waals surface area contributed by atoms with Crippen molar-refractivity contribution in [2.24, 2.45) is 0 Å². The van der Waals surface area contributed by atoms with E-state index >= 15 is 0 Å². The molecule has 0 bridgehead atoms. The van der Waals surface area contributed by atoms with Crippen molar-refractivity contribution < 1.29 is 4.39 Å². The summed E-state index contributed by atoms with van der Waals surface area (Å²) in [5.74, 6) is -0.194. The predicted octanol–water partition coefficient (Wildman–Crippen LogP) is 5.07. The number of rotatable bonds is 2. The minimum atomic E-state index is -0.194. The lowest BCUT2D eigenvalue weighted by molar-refractivity contribution is 0.628. The first-order valence-electron chi connectivity index (χ1n) is 6.09. The van der Waals surface area contributed by atoms with Crippen LogP contribution in [0.2, 0.25) is 5.02 Å². The minimum Gasteiger partial charge on any atom is -0.341 e. The van der Waals surface area contributed by atoms with Crippen LogP contribution in [0.25, 0.3) is 0 Å². The number of halogens is 3. The molecule has 1 heterocycles. The fourth-order valence-corrected chi connectivity index (χ4v) is 3.17. The number of hydrogen-bond donors (Lipinski definition) is 0. The van der Waals surface area contributed by atoms with E-state index in [1.54, 1.807) is 6.07 Å². The van der Waals surface area contributed by atoms with Crippen LogP contribution >= 0.6 is 27.5 Å². The highest BCUT2D eigenvalue weighted by Gasteiger charge is 2.22. The van der Waals surface area contributed by atoms with E-state index in [0.29, 0.717) is 0 Å². The van der Waals surface area contributed by atoms with Crippen molar-refractivity contribution in [3.05, 3.63) is 58.4 Å². The summed E-state index contributed by atoms with van der Waals surface area (Å²) in [6.07, 6.45) is 0.944. The van der Waals surface area contributed by atoms with Crippen molar-refractivity contribution in [2.45, 2.75) is 11.8 Å². The molecule has 0 saturated carbocycles. The van der Waals surface area contributed by atoms with Crippen LogP contribution in [0.3, 0.4) is 0 Å². The van der Waals surface area contributed by atoms with Gasteiger partial charge in [-0.3, -0.25) is 0 Å². The fourth-order valence-electron chi connectivity index (χ4n) is 2.53. The van der Waals surface area contributed by atoms with Gasteiger partial charge < -0.3 is 4.90 Å². The second-order valence-electron chi connectivity index (χ2n) is 4.58. The number of hydrogen-bond acceptors (Lipinski definition) is 1. The molecular weight excluding hydrogens is 329 g/mol. The molecule has 3 rings (SSSR count). The summed E-state index contributed by atoms with van der Waals surface area (Å²) >= 11 is 9.51. The molecule has 0 aliphatic carbocycles. The van der Waals surface area contributed by atoms with Gasteiger partial charge in [0.2, 0.25) is 0 Å². The molecule has 0 fully saturated rings. The molecule has 2 aromatic carbocycles. The third-order valence-electron chi connectivity index (χ3n) is 3.42. The Morgan fingerprint density at radius 2 is 2.00 bits per heavy atom. The Kier molecular flexibility index (Phi) is 3.50. The van der Waals surface area contributed by atoms with Crippen LogP contribution in [-0.2, 0) is 11.8 Å². The average Bonchev–Trinajstić information content (AvgIpc) is 2.81. The Balaban J connectivity index is 2.08. The lowest BCUT2D eigenvalue weighted by Crippen LogP contribution is -2.15. The summed E-state index contributed by atoms with van der Waals surface area (Å²) < 4.78 is 13.4. The molecule has 0 amide bonds. The van der Waals surface area contributed by atoms with Gasteiger partial charge in [0.25, 0.3) is 0 Å². The number of fused-ring (bicyclic) bond motifs is 1. The van der Waals surface area contributed by atoms with Gasteiger partial charge >= 0.3 is 0 Å². The number of benzene rings is 2. The number of alkyl halides is 1. The van der Waals surface area contributed by atoms with Crippen LogP contribution in [0, 0.1) is 5.82 Å². The monoisotopic (exact) mass is 339 g/mol. The molecule has 1 aliphatic heterocycles. The van der Waals surface area contributed by atoms with Crippen molar-refractivity contribution in [3.63, 3.8) is 0 Å². The molecule has 0 saturated heterocycles. The van der Waals surface area contributed by atoms with E-state index in [-0.39, 0.29) is 5.82 Å². The van der Waals surface area contributed by atoms with Gasteiger partial charge in [-0.05, 0) is 47.9 Å². The van der Waals surface area contributed by atoms with Gasteiger partial charge in [0, 0.05) is 28.3 Å². The smallest absolute Gasteiger partial charge is 0.125 e. The summed E-state index contributed by atoms with van der Waals surface area (Å²) in [6.45, 7) is 0.875. The number of anilines is 2.